The molecule has 0 saturated carbocycles. The van der Waals surface area contributed by atoms with Gasteiger partial charge in [0.25, 0.3) is 0 Å². The Morgan fingerprint density at radius 1 is 1.07 bits per heavy atom. The number of aliphatic hydroxyl groups excluding tert-OH is 1. The van der Waals surface area contributed by atoms with Crippen LogP contribution < -0.4 is 40.0 Å². The molecule has 9 heteroatoms. The Morgan fingerprint density at radius 3 is 2.13 bits per heavy atom. The number of quaternary nitrogens is 1. The fourth-order valence-corrected chi connectivity index (χ4v) is 3.44. The molecule has 0 aliphatic rings. The van der Waals surface area contributed by atoms with Gasteiger partial charge in [0.1, 0.15) is 12.5 Å². The minimum Gasteiger partial charge on any atom is -0.550 e. The average molecular weight is 438 g/mol. The van der Waals surface area contributed by atoms with E-state index in [2.05, 4.69) is 12.2 Å². The molecule has 0 aliphatic carbocycles. The van der Waals surface area contributed by atoms with Crippen molar-refractivity contribution in [3.05, 3.63) is 12.2 Å². The summed E-state index contributed by atoms with van der Waals surface area (Å²) in [5.41, 5.74) is 0. The molecular weight excluding hydrogens is 399 g/mol. The van der Waals surface area contributed by atoms with Crippen molar-refractivity contribution in [1.29, 1.82) is 0 Å². The summed E-state index contributed by atoms with van der Waals surface area (Å²) in [6, 6.07) is 0. The molecule has 0 bridgehead atoms. The minimum absolute atomic E-state index is 0. The van der Waals surface area contributed by atoms with Crippen LogP contribution in [0.4, 0.5) is 0 Å². The van der Waals surface area contributed by atoms with Gasteiger partial charge in [-0.15, -0.1) is 0 Å². The third kappa shape index (κ3) is 12.7. The Labute approximate surface area is 202 Å². The summed E-state index contributed by atoms with van der Waals surface area (Å²) < 4.78 is 0.105. The van der Waals surface area contributed by atoms with Crippen LogP contribution in [-0.4, -0.2) is 71.9 Å². The molecule has 0 aromatic rings. The molecule has 0 rings (SSSR count). The predicted octanol–water partition coefficient (Wildman–Crippen LogP) is -2.45. The van der Waals surface area contributed by atoms with E-state index in [1.165, 1.54) is 6.08 Å². The number of carboxylic acid groups (broad SMARTS) is 2. The third-order valence-electron chi connectivity index (χ3n) is 5.34. The summed E-state index contributed by atoms with van der Waals surface area (Å²) in [7, 11) is 0. The molecule has 0 aliphatic heterocycles. The zero-order valence-corrected chi connectivity index (χ0v) is 21.1. The zero-order valence-electron chi connectivity index (χ0n) is 19.1. The Morgan fingerprint density at radius 2 is 1.67 bits per heavy atom. The van der Waals surface area contributed by atoms with Crippen LogP contribution in [0.15, 0.2) is 12.2 Å². The maximum atomic E-state index is 12.0. The van der Waals surface area contributed by atoms with Crippen LogP contribution >= 0.6 is 0 Å². The molecule has 0 saturated heterocycles. The number of unbranched alkanes of at least 4 members (excludes halogenated alkanes) is 2. The summed E-state index contributed by atoms with van der Waals surface area (Å²) >= 11 is 0. The number of nitrogens with zero attached hydrogens (tertiary/aromatic N) is 1. The molecular formula is C21H38N2NaO6+. The van der Waals surface area contributed by atoms with Crippen molar-refractivity contribution in [1.82, 2.24) is 5.32 Å². The Kier molecular flexibility index (Phi) is 18.5. The molecule has 0 fully saturated rings. The predicted molar refractivity (Wildman–Crippen MR) is 109 cm³/mol. The molecule has 0 radical (unpaired) electrons. The molecule has 3 unspecified atom stereocenters. The van der Waals surface area contributed by atoms with Gasteiger partial charge in [-0.1, -0.05) is 39.7 Å². The van der Waals surface area contributed by atoms with Gasteiger partial charge in [0.2, 0.25) is 5.91 Å². The fraction of sp³-hybridized carbons (Fsp3) is 0.762. The number of carboxylic acids is 2. The van der Waals surface area contributed by atoms with Crippen LogP contribution in [0.3, 0.4) is 0 Å². The van der Waals surface area contributed by atoms with E-state index in [9.17, 15) is 29.7 Å². The monoisotopic (exact) mass is 437 g/mol. The van der Waals surface area contributed by atoms with Gasteiger partial charge in [0, 0.05) is 5.92 Å². The topological polar surface area (TPSA) is 127 Å². The molecule has 0 heterocycles. The first-order valence-corrected chi connectivity index (χ1v) is 10.6. The first-order chi connectivity index (χ1) is 13.7. The number of carbonyl (C=O) groups excluding carboxylic acids is 2. The largest absolute Gasteiger partial charge is 1.00 e. The Balaban J connectivity index is 0. The van der Waals surface area contributed by atoms with Crippen LogP contribution in [0.25, 0.3) is 0 Å². The second-order valence-electron chi connectivity index (χ2n) is 7.58. The maximum absolute atomic E-state index is 12.0. The summed E-state index contributed by atoms with van der Waals surface area (Å²) in [6.07, 6.45) is 6.93. The van der Waals surface area contributed by atoms with E-state index >= 15 is 0 Å². The van der Waals surface area contributed by atoms with Crippen LogP contribution in [-0.2, 0) is 14.4 Å². The number of carbonyl (C=O) groups is 3. The van der Waals surface area contributed by atoms with Gasteiger partial charge in [-0.25, -0.2) is 0 Å². The van der Waals surface area contributed by atoms with Gasteiger partial charge in [0.15, 0.2) is 0 Å². The molecule has 1 amide bonds. The van der Waals surface area contributed by atoms with Crippen molar-refractivity contribution in [3.63, 3.8) is 0 Å². The van der Waals surface area contributed by atoms with E-state index < -0.39 is 23.8 Å². The molecule has 0 spiro atoms. The number of hydrogen-bond acceptors (Lipinski definition) is 5. The van der Waals surface area contributed by atoms with Gasteiger partial charge >= 0.3 is 35.5 Å². The second kappa shape index (κ2) is 17.7. The molecule has 8 nitrogen and oxygen atoms in total. The number of nitrogens with one attached hydrogen (secondary N) is 1. The Hall–Kier alpha value is -0.930. The first-order valence-electron chi connectivity index (χ1n) is 10.6. The number of hydrogen-bond donors (Lipinski definition) is 3. The molecule has 168 valence electrons. The molecule has 0 aromatic heterocycles. The van der Waals surface area contributed by atoms with E-state index in [1.807, 2.05) is 6.08 Å². The normalized spacial score (nSPS) is 15.1. The quantitative estimate of drug-likeness (QED) is 0.100. The minimum atomic E-state index is -1.18. The molecule has 3 atom stereocenters. The number of aliphatic hydroxyl groups is 1. The average Bonchev–Trinajstić information content (AvgIpc) is 2.67. The van der Waals surface area contributed by atoms with E-state index in [0.29, 0.717) is 19.4 Å². The van der Waals surface area contributed by atoms with Crippen molar-refractivity contribution in [2.75, 3.05) is 39.3 Å². The smallest absolute Gasteiger partial charge is 0.550 e. The summed E-state index contributed by atoms with van der Waals surface area (Å²) in [4.78, 5) is 35.0. The van der Waals surface area contributed by atoms with E-state index in [-0.39, 0.29) is 72.7 Å². The van der Waals surface area contributed by atoms with Crippen molar-refractivity contribution in [3.8, 4) is 0 Å². The number of rotatable bonds is 17. The zero-order chi connectivity index (χ0) is 22.3. The second-order valence-corrected chi connectivity index (χ2v) is 7.58. The van der Waals surface area contributed by atoms with Crippen molar-refractivity contribution in [2.45, 2.75) is 52.9 Å². The molecule has 30 heavy (non-hydrogen) atoms. The number of amides is 1. The Bertz CT molecular complexity index is 518. The van der Waals surface area contributed by atoms with Gasteiger partial charge in [0.05, 0.1) is 38.8 Å². The van der Waals surface area contributed by atoms with Gasteiger partial charge < -0.3 is 29.9 Å². The van der Waals surface area contributed by atoms with E-state index in [0.717, 1.165) is 19.3 Å². The SMILES string of the molecule is CCCC/C=C/C(=O)NCC[N+](CCO)(CC(CC)C(=O)[O-])CC(CC)C(=O)O.[Na+]. The van der Waals surface area contributed by atoms with Gasteiger partial charge in [-0.05, 0) is 25.3 Å². The summed E-state index contributed by atoms with van der Waals surface area (Å²) in [5, 5.41) is 33.3. The van der Waals surface area contributed by atoms with Crippen LogP contribution in [0, 0.1) is 11.8 Å². The summed E-state index contributed by atoms with van der Waals surface area (Å²) in [6.45, 7) is 6.55. The summed E-state index contributed by atoms with van der Waals surface area (Å²) in [5.74, 6) is -3.78. The first kappa shape index (κ1) is 31.3. The van der Waals surface area contributed by atoms with E-state index in [4.69, 9.17) is 0 Å². The molecule has 3 N–H and O–H groups in total. The standard InChI is InChI=1S/C21H38N2O6.Na/c1-4-7-8-9-10-19(25)22-11-12-23(13-14-24,15-17(5-2)20(26)27)16-18(6-3)21(28)29;/h9-10,17-18,24H,4-8,11-16H2,1-3H3,(H2-,22,25,26,27,28,29);/q;+1/b10-9+;. The van der Waals surface area contributed by atoms with Crippen LogP contribution in [0.1, 0.15) is 52.9 Å². The number of aliphatic carboxylic acids is 2. The molecule has 0 aromatic carbocycles. The van der Waals surface area contributed by atoms with E-state index in [1.54, 1.807) is 13.8 Å². The van der Waals surface area contributed by atoms with Gasteiger partial charge in [-0.2, -0.15) is 0 Å². The van der Waals surface area contributed by atoms with Crippen molar-refractivity contribution < 1.29 is 63.7 Å². The number of allylic oxidation sites excluding steroid dienone is 1. The van der Waals surface area contributed by atoms with Crippen molar-refractivity contribution in [2.24, 2.45) is 11.8 Å². The van der Waals surface area contributed by atoms with Crippen LogP contribution in [0.5, 0.6) is 0 Å². The maximum Gasteiger partial charge on any atom is 1.00 e. The third-order valence-corrected chi connectivity index (χ3v) is 5.34. The van der Waals surface area contributed by atoms with Gasteiger partial charge in [-0.3, -0.25) is 9.59 Å². The van der Waals surface area contributed by atoms with Crippen LogP contribution in [0.2, 0.25) is 0 Å². The van der Waals surface area contributed by atoms with Crippen molar-refractivity contribution >= 4 is 17.8 Å². The fourth-order valence-electron chi connectivity index (χ4n) is 3.44.